The first-order chi connectivity index (χ1) is 5.29. The minimum Gasteiger partial charge on any atom is -0.260 e. The SMILES string of the molecule is C=c1cccc2c1=C(C)N=C2. The highest BCUT2D eigenvalue weighted by Gasteiger charge is 2.01. The van der Waals surface area contributed by atoms with Crippen molar-refractivity contribution in [3.05, 3.63) is 34.2 Å². The van der Waals surface area contributed by atoms with E-state index in [1.807, 2.05) is 25.3 Å². The van der Waals surface area contributed by atoms with Crippen molar-refractivity contribution >= 4 is 18.5 Å². The first-order valence-corrected chi connectivity index (χ1v) is 3.62. The molecule has 1 heteroatoms. The van der Waals surface area contributed by atoms with Crippen molar-refractivity contribution in [2.45, 2.75) is 6.92 Å². The molecule has 1 aromatic carbocycles. The average molecular weight is 143 g/mol. The number of rotatable bonds is 0. The Morgan fingerprint density at radius 1 is 1.36 bits per heavy atom. The summed E-state index contributed by atoms with van der Waals surface area (Å²) < 4.78 is 0. The van der Waals surface area contributed by atoms with Gasteiger partial charge in [0.25, 0.3) is 0 Å². The van der Waals surface area contributed by atoms with Gasteiger partial charge in [-0.25, -0.2) is 0 Å². The van der Waals surface area contributed by atoms with E-state index in [4.69, 9.17) is 0 Å². The number of benzene rings is 1. The standard InChI is InChI=1S/C10H9N/c1-7-4-3-5-9-6-11-8(2)10(7)9/h3-6H,1H2,2H3. The van der Waals surface area contributed by atoms with Gasteiger partial charge < -0.3 is 0 Å². The third-order valence-corrected chi connectivity index (χ3v) is 1.94. The lowest BCUT2D eigenvalue weighted by atomic mass is 10.1. The molecule has 1 aliphatic heterocycles. The van der Waals surface area contributed by atoms with E-state index in [2.05, 4.69) is 17.6 Å². The van der Waals surface area contributed by atoms with E-state index in [1.165, 1.54) is 10.8 Å². The van der Waals surface area contributed by atoms with E-state index in [1.54, 1.807) is 0 Å². The quantitative estimate of drug-likeness (QED) is 0.506. The molecule has 1 nitrogen and oxygen atoms in total. The van der Waals surface area contributed by atoms with Crippen LogP contribution in [0.2, 0.25) is 0 Å². The van der Waals surface area contributed by atoms with Gasteiger partial charge in [0.05, 0.1) is 0 Å². The molecule has 0 fully saturated rings. The van der Waals surface area contributed by atoms with Crippen molar-refractivity contribution in [2.24, 2.45) is 4.99 Å². The van der Waals surface area contributed by atoms with Gasteiger partial charge in [-0.1, -0.05) is 24.8 Å². The number of hydrogen-bond donors (Lipinski definition) is 0. The lowest BCUT2D eigenvalue weighted by Crippen LogP contribution is -2.25. The van der Waals surface area contributed by atoms with Gasteiger partial charge >= 0.3 is 0 Å². The molecule has 0 N–H and O–H groups in total. The molecule has 1 heterocycles. The fourth-order valence-corrected chi connectivity index (χ4v) is 1.40. The molecule has 0 radical (unpaired) electrons. The van der Waals surface area contributed by atoms with Crippen molar-refractivity contribution in [3.8, 4) is 0 Å². The molecule has 0 saturated heterocycles. The van der Waals surface area contributed by atoms with Crippen LogP contribution < -0.4 is 10.4 Å². The molecule has 0 unspecified atom stereocenters. The second-order valence-electron chi connectivity index (χ2n) is 2.72. The minimum atomic E-state index is 1.07. The van der Waals surface area contributed by atoms with Crippen molar-refractivity contribution in [3.63, 3.8) is 0 Å². The van der Waals surface area contributed by atoms with E-state index >= 15 is 0 Å². The number of hydrogen-bond acceptors (Lipinski definition) is 1. The van der Waals surface area contributed by atoms with Gasteiger partial charge in [0, 0.05) is 22.7 Å². The summed E-state index contributed by atoms with van der Waals surface area (Å²) in [6.07, 6.45) is 1.89. The maximum Gasteiger partial charge on any atom is 0.0457 e. The minimum absolute atomic E-state index is 1.07. The summed E-state index contributed by atoms with van der Waals surface area (Å²) in [4.78, 5) is 4.22. The average Bonchev–Trinajstić information content (AvgIpc) is 2.34. The maximum absolute atomic E-state index is 4.22. The molecule has 0 aromatic heterocycles. The van der Waals surface area contributed by atoms with Gasteiger partial charge in [-0.05, 0) is 12.1 Å². The first-order valence-electron chi connectivity index (χ1n) is 3.62. The number of fused-ring (bicyclic) bond motifs is 1. The van der Waals surface area contributed by atoms with Crippen molar-refractivity contribution in [1.82, 2.24) is 0 Å². The summed E-state index contributed by atoms with van der Waals surface area (Å²) in [5.74, 6) is 0. The first kappa shape index (κ1) is 6.35. The normalized spacial score (nSPS) is 13.7. The molecule has 11 heavy (non-hydrogen) atoms. The molecule has 54 valence electrons. The molecule has 1 aliphatic rings. The zero-order valence-corrected chi connectivity index (χ0v) is 6.46. The van der Waals surface area contributed by atoms with Crippen LogP contribution in [0.5, 0.6) is 0 Å². The molecule has 2 rings (SSSR count). The second kappa shape index (κ2) is 2.06. The topological polar surface area (TPSA) is 12.4 Å². The Kier molecular flexibility index (Phi) is 1.19. The molecular weight excluding hydrogens is 134 g/mol. The monoisotopic (exact) mass is 143 g/mol. The third-order valence-electron chi connectivity index (χ3n) is 1.94. The van der Waals surface area contributed by atoms with E-state index in [9.17, 15) is 0 Å². The molecule has 1 aromatic rings. The fraction of sp³-hybridized carbons (Fsp3) is 0.100. The van der Waals surface area contributed by atoms with Crippen molar-refractivity contribution in [2.75, 3.05) is 0 Å². The Morgan fingerprint density at radius 3 is 2.91 bits per heavy atom. The van der Waals surface area contributed by atoms with Crippen LogP contribution in [0.15, 0.2) is 23.2 Å². The summed E-state index contributed by atoms with van der Waals surface area (Å²) in [5, 5.41) is 2.27. The van der Waals surface area contributed by atoms with Gasteiger partial charge in [0.15, 0.2) is 0 Å². The molecule has 0 atom stereocenters. The number of aliphatic imine (C=N–C) groups is 1. The summed E-state index contributed by atoms with van der Waals surface area (Å²) >= 11 is 0. The smallest absolute Gasteiger partial charge is 0.0457 e. The molecule has 0 aliphatic carbocycles. The Morgan fingerprint density at radius 2 is 2.18 bits per heavy atom. The number of nitrogens with zero attached hydrogens (tertiary/aromatic N) is 1. The molecule has 0 bridgehead atoms. The second-order valence-corrected chi connectivity index (χ2v) is 2.72. The Hall–Kier alpha value is -1.37. The highest BCUT2D eigenvalue weighted by Crippen LogP contribution is 2.00. The molecule has 0 saturated carbocycles. The molecule has 0 amide bonds. The van der Waals surface area contributed by atoms with Crippen LogP contribution in [-0.4, -0.2) is 6.21 Å². The Bertz CT molecular complexity index is 427. The highest BCUT2D eigenvalue weighted by molar-refractivity contribution is 5.88. The largest absolute Gasteiger partial charge is 0.260 e. The van der Waals surface area contributed by atoms with Gasteiger partial charge in [-0.3, -0.25) is 4.99 Å². The zero-order valence-electron chi connectivity index (χ0n) is 6.46. The Labute approximate surface area is 65.4 Å². The van der Waals surface area contributed by atoms with Crippen LogP contribution in [0.1, 0.15) is 12.5 Å². The van der Waals surface area contributed by atoms with Gasteiger partial charge in [-0.2, -0.15) is 0 Å². The summed E-state index contributed by atoms with van der Waals surface area (Å²) in [6.45, 7) is 5.95. The summed E-state index contributed by atoms with van der Waals surface area (Å²) in [5.41, 5.74) is 2.26. The lowest BCUT2D eigenvalue weighted by molar-refractivity contribution is 1.45. The van der Waals surface area contributed by atoms with Crippen LogP contribution in [0.3, 0.4) is 0 Å². The van der Waals surface area contributed by atoms with Crippen LogP contribution in [0.4, 0.5) is 0 Å². The molecular formula is C10H9N. The van der Waals surface area contributed by atoms with Gasteiger partial charge in [0.2, 0.25) is 0 Å². The van der Waals surface area contributed by atoms with Crippen LogP contribution in [0, 0.1) is 0 Å². The van der Waals surface area contributed by atoms with Crippen LogP contribution in [-0.2, 0) is 0 Å². The fourth-order valence-electron chi connectivity index (χ4n) is 1.40. The molecule has 0 spiro atoms. The highest BCUT2D eigenvalue weighted by atomic mass is 14.7. The van der Waals surface area contributed by atoms with Crippen LogP contribution in [0.25, 0.3) is 12.3 Å². The Balaban J connectivity index is 3.03. The van der Waals surface area contributed by atoms with E-state index < -0.39 is 0 Å². The third kappa shape index (κ3) is 0.811. The van der Waals surface area contributed by atoms with E-state index in [-0.39, 0.29) is 0 Å². The lowest BCUT2D eigenvalue weighted by Gasteiger charge is -1.89. The van der Waals surface area contributed by atoms with E-state index in [0.717, 1.165) is 10.9 Å². The van der Waals surface area contributed by atoms with Gasteiger partial charge in [-0.15, -0.1) is 0 Å². The van der Waals surface area contributed by atoms with E-state index in [0.29, 0.717) is 0 Å². The predicted octanol–water partition coefficient (Wildman–Crippen LogP) is 0.658. The predicted molar refractivity (Wildman–Crippen MR) is 47.9 cm³/mol. The maximum atomic E-state index is 4.22. The van der Waals surface area contributed by atoms with Crippen molar-refractivity contribution in [1.29, 1.82) is 0 Å². The van der Waals surface area contributed by atoms with Crippen molar-refractivity contribution < 1.29 is 0 Å². The van der Waals surface area contributed by atoms with Gasteiger partial charge in [0.1, 0.15) is 0 Å². The summed E-state index contributed by atoms with van der Waals surface area (Å²) in [6, 6.07) is 6.08. The summed E-state index contributed by atoms with van der Waals surface area (Å²) in [7, 11) is 0. The zero-order chi connectivity index (χ0) is 7.84. The van der Waals surface area contributed by atoms with Crippen LogP contribution >= 0.6 is 0 Å².